The van der Waals surface area contributed by atoms with Crippen molar-refractivity contribution in [3.8, 4) is 102 Å². The summed E-state index contributed by atoms with van der Waals surface area (Å²) in [5.41, 5.74) is 7.51. The second kappa shape index (κ2) is 29.1. The zero-order valence-corrected chi connectivity index (χ0v) is 46.0. The van der Waals surface area contributed by atoms with Gasteiger partial charge in [-0.3, -0.25) is 14.4 Å². The molecular weight excluding hydrogens is 993 g/mol. The Morgan fingerprint density at radius 3 is 0.909 bits per heavy atom. The molecule has 0 saturated carbocycles. The van der Waals surface area contributed by atoms with E-state index in [1.807, 2.05) is 24.3 Å². The molecule has 17 nitrogen and oxygen atoms in total. The lowest BCUT2D eigenvalue weighted by Crippen LogP contribution is -2.05. The van der Waals surface area contributed by atoms with Crippen molar-refractivity contribution in [2.75, 3.05) is 92.4 Å². The van der Waals surface area contributed by atoms with Crippen LogP contribution in [0.4, 0.5) is 0 Å². The fraction of sp³-hybridized carbons (Fsp3) is 0.267. The van der Waals surface area contributed by atoms with E-state index in [2.05, 4.69) is 25.3 Å². The molecule has 0 saturated heterocycles. The molecule has 0 amide bonds. The zero-order valence-electron chi connectivity index (χ0n) is 46.0. The molecule has 0 unspecified atom stereocenters. The first kappa shape index (κ1) is 60.4. The summed E-state index contributed by atoms with van der Waals surface area (Å²) in [7, 11) is 19.7. The second-order valence-corrected chi connectivity index (χ2v) is 16.2. The minimum absolute atomic E-state index is 0.146. The number of aldehydes is 2. The smallest absolute Gasteiger partial charge is 0.338 e. The lowest BCUT2D eigenvalue weighted by molar-refractivity contribution is 0.0600. The monoisotopic (exact) mass is 1060 g/mol. The van der Waals surface area contributed by atoms with Crippen molar-refractivity contribution >= 4 is 24.3 Å². The Labute approximate surface area is 449 Å². The molecule has 77 heavy (non-hydrogen) atoms. The van der Waals surface area contributed by atoms with Gasteiger partial charge in [0.15, 0.2) is 74.8 Å². The summed E-state index contributed by atoms with van der Waals surface area (Å²) in [6.07, 6.45) is 6.57. The molecule has 0 fully saturated rings. The fourth-order valence-electron chi connectivity index (χ4n) is 8.29. The van der Waals surface area contributed by atoms with Crippen molar-refractivity contribution in [3.63, 3.8) is 0 Å². The van der Waals surface area contributed by atoms with Crippen molar-refractivity contribution in [1.29, 1.82) is 0 Å². The third kappa shape index (κ3) is 13.8. The number of hydrogen-bond acceptors (Lipinski definition) is 17. The number of esters is 1. The number of benzene rings is 6. The molecule has 0 atom stereocenters. The number of Topliss-reactive ketones (excluding diaryl/α,β-unsaturated/α-hetero) is 1. The summed E-state index contributed by atoms with van der Waals surface area (Å²) in [6, 6.07) is 20.8. The normalized spacial score (nSPS) is 10.1. The highest BCUT2D eigenvalue weighted by atomic mass is 16.5. The predicted octanol–water partition coefficient (Wildman–Crippen LogP) is 11.2. The first-order valence-electron chi connectivity index (χ1n) is 23.4. The summed E-state index contributed by atoms with van der Waals surface area (Å²) in [6.45, 7) is 9.11. The number of methoxy groups -OCH3 is 13. The van der Waals surface area contributed by atoms with E-state index in [0.29, 0.717) is 121 Å². The maximum absolute atomic E-state index is 12.1. The van der Waals surface area contributed by atoms with E-state index in [9.17, 15) is 19.2 Å². The fourth-order valence-corrected chi connectivity index (χ4v) is 8.29. The van der Waals surface area contributed by atoms with Crippen LogP contribution in [-0.4, -0.2) is 117 Å². The first-order valence-corrected chi connectivity index (χ1v) is 23.4. The number of ether oxygens (including phenoxy) is 13. The van der Waals surface area contributed by atoms with Crippen molar-refractivity contribution in [2.24, 2.45) is 0 Å². The Morgan fingerprint density at radius 2 is 0.636 bits per heavy atom. The third-order valence-corrected chi connectivity index (χ3v) is 11.8. The van der Waals surface area contributed by atoms with Crippen LogP contribution in [0.25, 0.3) is 33.4 Å². The van der Waals surface area contributed by atoms with Crippen LogP contribution < -0.4 is 56.8 Å². The van der Waals surface area contributed by atoms with Crippen LogP contribution in [-0.2, 0) is 17.6 Å². The molecule has 0 aliphatic rings. The van der Waals surface area contributed by atoms with Crippen LogP contribution in [0.1, 0.15) is 59.5 Å². The lowest BCUT2D eigenvalue weighted by atomic mass is 9.96. The number of rotatable bonds is 23. The molecule has 0 aliphatic carbocycles. The van der Waals surface area contributed by atoms with E-state index in [0.717, 1.165) is 35.1 Å². The van der Waals surface area contributed by atoms with Gasteiger partial charge in [0.05, 0.1) is 98.0 Å². The molecule has 0 aromatic heterocycles. The lowest BCUT2D eigenvalue weighted by Gasteiger charge is -2.19. The molecular formula is C60H66O17. The Hall–Kier alpha value is -9.12. The summed E-state index contributed by atoms with van der Waals surface area (Å²) < 4.78 is 70.5. The third-order valence-electron chi connectivity index (χ3n) is 11.8. The first-order chi connectivity index (χ1) is 37.2. The van der Waals surface area contributed by atoms with Crippen LogP contribution in [0.15, 0.2) is 98.1 Å². The maximum Gasteiger partial charge on any atom is 0.338 e. The van der Waals surface area contributed by atoms with Gasteiger partial charge in [0, 0.05) is 50.1 Å². The molecule has 0 bridgehead atoms. The van der Waals surface area contributed by atoms with E-state index in [1.165, 1.54) is 77.0 Å². The molecule has 0 N–H and O–H groups in total. The Bertz CT molecular complexity index is 2950. The SMILES string of the molecule is C=CCc1cc(OC)c(OC)c(-c2cc(CC=C)cc(OC)c2OC)c1.COC(=O)c1cc(OC)c(OC)c(-c2cc(C(C)=O)cc(OC)c2OC)c1.COc1cc(C=O)cc(-c2cc(C=O)cc(OC)c2OC)c1OC. The number of carbonyl (C=O) groups is 4. The molecule has 0 radical (unpaired) electrons. The summed E-state index contributed by atoms with van der Waals surface area (Å²) in [5.74, 6) is 5.08. The van der Waals surface area contributed by atoms with Gasteiger partial charge in [-0.1, -0.05) is 12.2 Å². The van der Waals surface area contributed by atoms with E-state index in [4.69, 9.17) is 61.6 Å². The molecule has 0 heterocycles. The highest BCUT2D eigenvalue weighted by Crippen LogP contribution is 2.49. The average Bonchev–Trinajstić information content (AvgIpc) is 3.47. The second-order valence-electron chi connectivity index (χ2n) is 16.2. The Kier molecular flexibility index (Phi) is 22.8. The van der Waals surface area contributed by atoms with Crippen LogP contribution in [0.2, 0.25) is 0 Å². The van der Waals surface area contributed by atoms with Crippen molar-refractivity contribution in [3.05, 3.63) is 131 Å². The minimum Gasteiger partial charge on any atom is -0.493 e. The van der Waals surface area contributed by atoms with Gasteiger partial charge in [0.25, 0.3) is 0 Å². The van der Waals surface area contributed by atoms with E-state index < -0.39 is 5.97 Å². The average molecular weight is 1060 g/mol. The summed E-state index contributed by atoms with van der Waals surface area (Å²) in [5, 5.41) is 0. The van der Waals surface area contributed by atoms with E-state index in [1.54, 1.807) is 70.9 Å². The molecule has 0 aliphatic heterocycles. The molecule has 17 heteroatoms. The van der Waals surface area contributed by atoms with Crippen LogP contribution in [0, 0.1) is 0 Å². The molecule has 408 valence electrons. The maximum atomic E-state index is 12.1. The molecule has 0 spiro atoms. The number of allylic oxidation sites excluding steroid dienone is 2. The highest BCUT2D eigenvalue weighted by Gasteiger charge is 2.25. The van der Waals surface area contributed by atoms with Crippen molar-refractivity contribution in [2.45, 2.75) is 19.8 Å². The highest BCUT2D eigenvalue weighted by molar-refractivity contribution is 5.99. The summed E-state index contributed by atoms with van der Waals surface area (Å²) >= 11 is 0. The van der Waals surface area contributed by atoms with Gasteiger partial charge in [0.2, 0.25) is 0 Å². The number of carbonyl (C=O) groups excluding carboxylic acids is 4. The Morgan fingerprint density at radius 1 is 0.364 bits per heavy atom. The quantitative estimate of drug-likeness (QED) is 0.0255. The van der Waals surface area contributed by atoms with Crippen LogP contribution >= 0.6 is 0 Å². The standard InChI is InChI=1S/C22H26O4.C20H22O7.C18H18O6/c1-7-9-15-11-17(21(25-5)19(13-15)23-3)18-12-16(10-8-2)14-20(24-4)22(18)26-6;1-11(21)12-7-14(18(25-4)16(9-12)23-2)15-8-13(20(22)27-6)10-17(24-3)19(15)26-5;1-21-15-7-11(9-19)5-13(17(15)23-3)14-6-12(10-20)8-16(22-2)18(14)24-4/h7-8,11-14H,1-2,9-10H2,3-6H3;7-10H,1-6H3;5-10H,1-4H3. The molecule has 6 aromatic carbocycles. The van der Waals surface area contributed by atoms with Gasteiger partial charge >= 0.3 is 5.97 Å². The number of ketones is 1. The Balaban J connectivity index is 0.000000250. The van der Waals surface area contributed by atoms with Gasteiger partial charge < -0.3 is 61.6 Å². The largest absolute Gasteiger partial charge is 0.493 e. The van der Waals surface area contributed by atoms with Gasteiger partial charge in [-0.15, -0.1) is 13.2 Å². The van der Waals surface area contributed by atoms with Crippen LogP contribution in [0.3, 0.4) is 0 Å². The predicted molar refractivity (Wildman–Crippen MR) is 294 cm³/mol. The van der Waals surface area contributed by atoms with Crippen LogP contribution in [0.5, 0.6) is 69.0 Å². The van der Waals surface area contributed by atoms with Gasteiger partial charge in [0.1, 0.15) is 12.6 Å². The zero-order chi connectivity index (χ0) is 56.9. The van der Waals surface area contributed by atoms with Gasteiger partial charge in [-0.2, -0.15) is 0 Å². The number of hydrogen-bond donors (Lipinski definition) is 0. The molecule has 6 rings (SSSR count). The molecule has 6 aromatic rings. The van der Waals surface area contributed by atoms with Gasteiger partial charge in [-0.25, -0.2) is 4.79 Å². The van der Waals surface area contributed by atoms with E-state index in [-0.39, 0.29) is 11.3 Å². The minimum atomic E-state index is -0.536. The van der Waals surface area contributed by atoms with Gasteiger partial charge in [-0.05, 0) is 104 Å². The van der Waals surface area contributed by atoms with Crippen molar-refractivity contribution < 1.29 is 80.8 Å². The summed E-state index contributed by atoms with van der Waals surface area (Å²) in [4.78, 5) is 46.6. The van der Waals surface area contributed by atoms with E-state index >= 15 is 0 Å². The van der Waals surface area contributed by atoms with Crippen molar-refractivity contribution in [1.82, 2.24) is 0 Å². The topological polar surface area (TPSA) is 188 Å².